The summed E-state index contributed by atoms with van der Waals surface area (Å²) in [5, 5.41) is 2.63. The predicted octanol–water partition coefficient (Wildman–Crippen LogP) is 2.47. The molecule has 1 aliphatic rings. The summed E-state index contributed by atoms with van der Waals surface area (Å²) in [5.41, 5.74) is 2.81. The van der Waals surface area contributed by atoms with E-state index in [1.807, 2.05) is 13.0 Å². The number of benzene rings is 1. The second-order valence-corrected chi connectivity index (χ2v) is 4.77. The van der Waals surface area contributed by atoms with Gasteiger partial charge in [0, 0.05) is 7.05 Å². The van der Waals surface area contributed by atoms with Crippen LogP contribution in [0, 0.1) is 0 Å². The molecule has 0 spiro atoms. The Morgan fingerprint density at radius 1 is 1.33 bits per heavy atom. The highest BCUT2D eigenvalue weighted by Crippen LogP contribution is 2.26. The van der Waals surface area contributed by atoms with Crippen molar-refractivity contribution in [3.8, 4) is 5.75 Å². The average molecular weight is 247 g/mol. The standard InChI is InChI=1S/C15H21NO2/c1-3-14(15(17)16-2)18-13-9-8-11-6-4-5-7-12(11)10-13/h8-10,14H,3-7H2,1-2H3,(H,16,17). The SMILES string of the molecule is CCC(Oc1ccc2c(c1)CCCC2)C(=O)NC. The minimum absolute atomic E-state index is 0.0600. The molecule has 0 heterocycles. The lowest BCUT2D eigenvalue weighted by molar-refractivity contribution is -0.127. The summed E-state index contributed by atoms with van der Waals surface area (Å²) < 4.78 is 5.77. The van der Waals surface area contributed by atoms with Crippen molar-refractivity contribution in [1.29, 1.82) is 0 Å². The molecule has 1 aliphatic carbocycles. The van der Waals surface area contributed by atoms with Gasteiger partial charge in [-0.3, -0.25) is 4.79 Å². The van der Waals surface area contributed by atoms with E-state index in [1.54, 1.807) is 7.05 Å². The van der Waals surface area contributed by atoms with E-state index in [-0.39, 0.29) is 5.91 Å². The van der Waals surface area contributed by atoms with Gasteiger partial charge < -0.3 is 10.1 Å². The van der Waals surface area contributed by atoms with Gasteiger partial charge in [0.2, 0.25) is 0 Å². The van der Waals surface area contributed by atoms with Crippen molar-refractivity contribution in [3.63, 3.8) is 0 Å². The van der Waals surface area contributed by atoms with Crippen molar-refractivity contribution >= 4 is 5.91 Å². The molecule has 2 rings (SSSR count). The normalized spacial score (nSPS) is 15.7. The maximum Gasteiger partial charge on any atom is 0.260 e. The zero-order valence-electron chi connectivity index (χ0n) is 11.2. The highest BCUT2D eigenvalue weighted by Gasteiger charge is 2.17. The van der Waals surface area contributed by atoms with Gasteiger partial charge in [-0.25, -0.2) is 0 Å². The quantitative estimate of drug-likeness (QED) is 0.887. The number of hydrogen-bond donors (Lipinski definition) is 1. The molecule has 0 fully saturated rings. The van der Waals surface area contributed by atoms with Gasteiger partial charge in [0.15, 0.2) is 6.10 Å². The van der Waals surface area contributed by atoms with Gasteiger partial charge in [-0.2, -0.15) is 0 Å². The molecule has 18 heavy (non-hydrogen) atoms. The van der Waals surface area contributed by atoms with Crippen LogP contribution in [0.15, 0.2) is 18.2 Å². The highest BCUT2D eigenvalue weighted by atomic mass is 16.5. The average Bonchev–Trinajstić information content (AvgIpc) is 2.43. The Hall–Kier alpha value is -1.51. The smallest absolute Gasteiger partial charge is 0.260 e. The molecule has 0 saturated carbocycles. The predicted molar refractivity (Wildman–Crippen MR) is 71.9 cm³/mol. The number of carbonyl (C=O) groups excluding carboxylic acids is 1. The van der Waals surface area contributed by atoms with Crippen molar-refractivity contribution in [3.05, 3.63) is 29.3 Å². The zero-order chi connectivity index (χ0) is 13.0. The van der Waals surface area contributed by atoms with Crippen LogP contribution in [-0.2, 0) is 17.6 Å². The van der Waals surface area contributed by atoms with Crippen LogP contribution in [-0.4, -0.2) is 19.1 Å². The molecule has 0 aromatic heterocycles. The molecule has 0 bridgehead atoms. The van der Waals surface area contributed by atoms with E-state index in [0.717, 1.165) is 12.2 Å². The second-order valence-electron chi connectivity index (χ2n) is 4.77. The Balaban J connectivity index is 2.11. The summed E-state index contributed by atoms with van der Waals surface area (Å²) >= 11 is 0. The zero-order valence-corrected chi connectivity index (χ0v) is 11.2. The van der Waals surface area contributed by atoms with E-state index >= 15 is 0 Å². The largest absolute Gasteiger partial charge is 0.481 e. The number of hydrogen-bond acceptors (Lipinski definition) is 2. The Morgan fingerprint density at radius 2 is 2.06 bits per heavy atom. The summed E-state index contributed by atoms with van der Waals surface area (Å²) in [6.45, 7) is 1.96. The van der Waals surface area contributed by atoms with Crippen LogP contribution in [0.5, 0.6) is 5.75 Å². The lowest BCUT2D eigenvalue weighted by atomic mass is 9.92. The molecule has 1 aromatic carbocycles. The van der Waals surface area contributed by atoms with Gasteiger partial charge in [0.1, 0.15) is 5.75 Å². The van der Waals surface area contributed by atoms with Crippen LogP contribution in [0.3, 0.4) is 0 Å². The number of ether oxygens (including phenoxy) is 1. The molecule has 0 radical (unpaired) electrons. The number of rotatable bonds is 4. The third-order valence-electron chi connectivity index (χ3n) is 3.51. The number of nitrogens with one attached hydrogen (secondary N) is 1. The van der Waals surface area contributed by atoms with Gasteiger partial charge in [0.05, 0.1) is 0 Å². The van der Waals surface area contributed by atoms with Crippen LogP contribution in [0.1, 0.15) is 37.3 Å². The minimum Gasteiger partial charge on any atom is -0.481 e. The maximum absolute atomic E-state index is 11.6. The van der Waals surface area contributed by atoms with E-state index in [0.29, 0.717) is 6.42 Å². The number of amides is 1. The number of aryl methyl sites for hydroxylation is 2. The van der Waals surface area contributed by atoms with Crippen molar-refractivity contribution < 1.29 is 9.53 Å². The van der Waals surface area contributed by atoms with E-state index < -0.39 is 6.10 Å². The highest BCUT2D eigenvalue weighted by molar-refractivity contribution is 5.80. The molecule has 3 nitrogen and oxygen atoms in total. The van der Waals surface area contributed by atoms with Crippen LogP contribution >= 0.6 is 0 Å². The first kappa shape index (κ1) is 12.9. The third-order valence-corrected chi connectivity index (χ3v) is 3.51. The van der Waals surface area contributed by atoms with Gasteiger partial charge in [-0.05, 0) is 55.4 Å². The molecule has 1 aromatic rings. The maximum atomic E-state index is 11.6. The Labute approximate surface area is 109 Å². The van der Waals surface area contributed by atoms with Gasteiger partial charge in [-0.15, -0.1) is 0 Å². The molecule has 0 aliphatic heterocycles. The summed E-state index contributed by atoms with van der Waals surface area (Å²) in [4.78, 5) is 11.6. The molecule has 1 N–H and O–H groups in total. The van der Waals surface area contributed by atoms with Crippen LogP contribution in [0.2, 0.25) is 0 Å². The molecule has 1 unspecified atom stereocenters. The minimum atomic E-state index is -0.392. The number of carbonyl (C=O) groups is 1. The first-order chi connectivity index (χ1) is 8.74. The fraction of sp³-hybridized carbons (Fsp3) is 0.533. The third kappa shape index (κ3) is 2.84. The van der Waals surface area contributed by atoms with Gasteiger partial charge in [0.25, 0.3) is 5.91 Å². The van der Waals surface area contributed by atoms with E-state index in [2.05, 4.69) is 17.4 Å². The van der Waals surface area contributed by atoms with E-state index in [4.69, 9.17) is 4.74 Å². The Morgan fingerprint density at radius 3 is 2.72 bits per heavy atom. The first-order valence-electron chi connectivity index (χ1n) is 6.74. The summed E-state index contributed by atoms with van der Waals surface area (Å²) in [7, 11) is 1.64. The molecule has 1 atom stereocenters. The monoisotopic (exact) mass is 247 g/mol. The van der Waals surface area contributed by atoms with Crippen LogP contribution in [0.4, 0.5) is 0 Å². The van der Waals surface area contributed by atoms with Gasteiger partial charge in [-0.1, -0.05) is 13.0 Å². The Bertz CT molecular complexity index is 429. The summed E-state index contributed by atoms with van der Waals surface area (Å²) in [6, 6.07) is 6.22. The first-order valence-corrected chi connectivity index (χ1v) is 6.74. The lowest BCUT2D eigenvalue weighted by Crippen LogP contribution is -2.35. The lowest BCUT2D eigenvalue weighted by Gasteiger charge is -2.19. The molecule has 3 heteroatoms. The molecular formula is C15H21NO2. The molecule has 0 saturated heterocycles. The number of fused-ring (bicyclic) bond motifs is 1. The van der Waals surface area contributed by atoms with Crippen molar-refractivity contribution in [2.24, 2.45) is 0 Å². The topological polar surface area (TPSA) is 38.3 Å². The van der Waals surface area contributed by atoms with E-state index in [1.165, 1.54) is 30.4 Å². The van der Waals surface area contributed by atoms with Crippen LogP contribution < -0.4 is 10.1 Å². The molecular weight excluding hydrogens is 226 g/mol. The summed E-state index contributed by atoms with van der Waals surface area (Å²) in [5.74, 6) is 0.751. The van der Waals surface area contributed by atoms with Crippen LogP contribution in [0.25, 0.3) is 0 Å². The van der Waals surface area contributed by atoms with E-state index in [9.17, 15) is 4.79 Å². The Kier molecular flexibility index (Phi) is 4.24. The van der Waals surface area contributed by atoms with Crippen molar-refractivity contribution in [2.75, 3.05) is 7.05 Å². The summed E-state index contributed by atoms with van der Waals surface area (Å²) in [6.07, 6.45) is 5.12. The van der Waals surface area contributed by atoms with Crippen molar-refractivity contribution in [2.45, 2.75) is 45.1 Å². The van der Waals surface area contributed by atoms with Gasteiger partial charge >= 0.3 is 0 Å². The van der Waals surface area contributed by atoms with Crippen molar-refractivity contribution in [1.82, 2.24) is 5.32 Å². The number of likely N-dealkylation sites (N-methyl/N-ethyl adjacent to an activating group) is 1. The fourth-order valence-electron chi connectivity index (χ4n) is 2.43. The fourth-order valence-corrected chi connectivity index (χ4v) is 2.43. The molecule has 1 amide bonds. The molecule has 98 valence electrons. The second kappa shape index (κ2) is 5.89.